The molecule has 0 spiro atoms. The molecule has 0 aliphatic carbocycles. The number of thioether (sulfide) groups is 1. The Balaban J connectivity index is 1.91. The summed E-state index contributed by atoms with van der Waals surface area (Å²) < 4.78 is 2.76. The molecule has 0 aromatic carbocycles. The molecule has 0 saturated carbocycles. The predicted molar refractivity (Wildman–Crippen MR) is 71.7 cm³/mol. The maximum atomic E-state index is 4.10. The standard InChI is InChI=1S/C9H15N7S2/c1-3-5-16-7(11-14-15-16)6-17-9-13-12-8(18-9)10-4-2/h3-6H2,1-2H3,(H,10,12). The van der Waals surface area contributed by atoms with Crippen molar-refractivity contribution in [1.82, 2.24) is 30.4 Å². The maximum Gasteiger partial charge on any atom is 0.206 e. The minimum Gasteiger partial charge on any atom is -0.360 e. The first kappa shape index (κ1) is 13.2. The molecule has 0 radical (unpaired) electrons. The molecular formula is C9H15N7S2. The van der Waals surface area contributed by atoms with E-state index in [2.05, 4.69) is 38.0 Å². The molecule has 0 aliphatic heterocycles. The molecule has 0 atom stereocenters. The van der Waals surface area contributed by atoms with E-state index in [0.717, 1.165) is 34.8 Å². The van der Waals surface area contributed by atoms with Gasteiger partial charge >= 0.3 is 0 Å². The van der Waals surface area contributed by atoms with Crippen molar-refractivity contribution in [2.24, 2.45) is 0 Å². The minimum atomic E-state index is 0.716. The maximum absolute atomic E-state index is 4.10. The predicted octanol–water partition coefficient (Wildman–Crippen LogP) is 1.66. The van der Waals surface area contributed by atoms with Crippen molar-refractivity contribution in [3.8, 4) is 0 Å². The second-order valence-electron chi connectivity index (χ2n) is 3.51. The van der Waals surface area contributed by atoms with Crippen LogP contribution >= 0.6 is 23.1 Å². The molecule has 98 valence electrons. The van der Waals surface area contributed by atoms with Gasteiger partial charge in [0.25, 0.3) is 0 Å². The average Bonchev–Trinajstić information content (AvgIpc) is 2.97. The van der Waals surface area contributed by atoms with Gasteiger partial charge in [-0.3, -0.25) is 0 Å². The zero-order chi connectivity index (χ0) is 12.8. The molecule has 0 saturated heterocycles. The van der Waals surface area contributed by atoms with Crippen LogP contribution in [0.2, 0.25) is 0 Å². The van der Waals surface area contributed by atoms with Gasteiger partial charge in [0, 0.05) is 13.1 Å². The van der Waals surface area contributed by atoms with Gasteiger partial charge in [-0.15, -0.1) is 15.3 Å². The van der Waals surface area contributed by atoms with Crippen LogP contribution in [0.5, 0.6) is 0 Å². The van der Waals surface area contributed by atoms with Crippen molar-refractivity contribution in [3.05, 3.63) is 5.82 Å². The SMILES string of the molecule is CCCn1nnnc1CSc1nnc(NCC)s1. The average molecular weight is 285 g/mol. The quantitative estimate of drug-likeness (QED) is 0.775. The topological polar surface area (TPSA) is 81.4 Å². The van der Waals surface area contributed by atoms with E-state index in [4.69, 9.17) is 0 Å². The zero-order valence-corrected chi connectivity index (χ0v) is 12.0. The van der Waals surface area contributed by atoms with E-state index in [-0.39, 0.29) is 0 Å². The van der Waals surface area contributed by atoms with Crippen molar-refractivity contribution in [3.63, 3.8) is 0 Å². The van der Waals surface area contributed by atoms with E-state index in [1.807, 2.05) is 11.6 Å². The van der Waals surface area contributed by atoms with Crippen molar-refractivity contribution in [2.75, 3.05) is 11.9 Å². The highest BCUT2D eigenvalue weighted by Crippen LogP contribution is 2.27. The van der Waals surface area contributed by atoms with Crippen LogP contribution in [0.15, 0.2) is 4.34 Å². The number of nitrogens with one attached hydrogen (secondary N) is 1. The van der Waals surface area contributed by atoms with Crippen LogP contribution in [-0.2, 0) is 12.3 Å². The summed E-state index contributed by atoms with van der Waals surface area (Å²) in [5.74, 6) is 1.59. The third kappa shape index (κ3) is 3.39. The largest absolute Gasteiger partial charge is 0.360 e. The second kappa shape index (κ2) is 6.64. The fourth-order valence-corrected chi connectivity index (χ4v) is 3.08. The van der Waals surface area contributed by atoms with Crippen molar-refractivity contribution < 1.29 is 0 Å². The van der Waals surface area contributed by atoms with Crippen molar-refractivity contribution >= 4 is 28.2 Å². The van der Waals surface area contributed by atoms with Gasteiger partial charge in [-0.2, -0.15) is 0 Å². The lowest BCUT2D eigenvalue weighted by atomic mass is 10.5. The Bertz CT molecular complexity index is 481. The van der Waals surface area contributed by atoms with Crippen molar-refractivity contribution in [2.45, 2.75) is 36.9 Å². The smallest absolute Gasteiger partial charge is 0.206 e. The number of hydrogen-bond donors (Lipinski definition) is 1. The van der Waals surface area contributed by atoms with E-state index in [0.29, 0.717) is 5.75 Å². The molecule has 0 fully saturated rings. The lowest BCUT2D eigenvalue weighted by Crippen LogP contribution is -2.04. The third-order valence-corrected chi connectivity index (χ3v) is 4.11. The van der Waals surface area contributed by atoms with Gasteiger partial charge in [-0.05, 0) is 23.8 Å². The van der Waals surface area contributed by atoms with Crippen LogP contribution < -0.4 is 5.32 Å². The number of hydrogen-bond acceptors (Lipinski definition) is 8. The van der Waals surface area contributed by atoms with E-state index in [1.54, 1.807) is 23.1 Å². The Morgan fingerprint density at radius 2 is 2.17 bits per heavy atom. The molecule has 2 heterocycles. The molecule has 2 aromatic rings. The van der Waals surface area contributed by atoms with E-state index >= 15 is 0 Å². The molecule has 0 unspecified atom stereocenters. The van der Waals surface area contributed by atoms with Gasteiger partial charge in [-0.1, -0.05) is 30.0 Å². The van der Waals surface area contributed by atoms with Crippen LogP contribution in [0.25, 0.3) is 0 Å². The number of anilines is 1. The Morgan fingerprint density at radius 1 is 1.28 bits per heavy atom. The molecule has 9 heteroatoms. The highest BCUT2D eigenvalue weighted by Gasteiger charge is 2.09. The van der Waals surface area contributed by atoms with Gasteiger partial charge in [0.15, 0.2) is 10.2 Å². The fourth-order valence-electron chi connectivity index (χ4n) is 1.33. The summed E-state index contributed by atoms with van der Waals surface area (Å²) in [4.78, 5) is 0. The first-order valence-corrected chi connectivity index (χ1v) is 7.59. The molecule has 0 bridgehead atoms. The summed E-state index contributed by atoms with van der Waals surface area (Å²) in [6.07, 6.45) is 1.02. The van der Waals surface area contributed by atoms with Gasteiger partial charge in [0.1, 0.15) is 0 Å². The minimum absolute atomic E-state index is 0.716. The molecule has 2 aromatic heterocycles. The lowest BCUT2D eigenvalue weighted by molar-refractivity contribution is 0.564. The Hall–Kier alpha value is -1.22. The molecule has 18 heavy (non-hydrogen) atoms. The van der Waals surface area contributed by atoms with Crippen LogP contribution in [0.1, 0.15) is 26.1 Å². The van der Waals surface area contributed by atoms with E-state index in [1.165, 1.54) is 0 Å². The number of nitrogens with zero attached hydrogens (tertiary/aromatic N) is 6. The van der Waals surface area contributed by atoms with Crippen LogP contribution in [0, 0.1) is 0 Å². The summed E-state index contributed by atoms with van der Waals surface area (Å²) in [5, 5.41) is 23.8. The molecule has 7 nitrogen and oxygen atoms in total. The third-order valence-electron chi connectivity index (χ3n) is 2.10. The molecule has 0 aliphatic rings. The summed E-state index contributed by atoms with van der Waals surface area (Å²) in [5.41, 5.74) is 0. The Morgan fingerprint density at radius 3 is 2.94 bits per heavy atom. The zero-order valence-electron chi connectivity index (χ0n) is 10.3. The summed E-state index contributed by atoms with van der Waals surface area (Å²) in [6, 6.07) is 0. The van der Waals surface area contributed by atoms with Gasteiger partial charge in [0.2, 0.25) is 5.13 Å². The summed E-state index contributed by atoms with van der Waals surface area (Å²) in [7, 11) is 0. The summed E-state index contributed by atoms with van der Waals surface area (Å²) in [6.45, 7) is 5.84. The first-order chi connectivity index (χ1) is 8.83. The lowest BCUT2D eigenvalue weighted by Gasteiger charge is -2.00. The Labute approximate surface area is 113 Å². The molecule has 2 rings (SSSR count). The van der Waals surface area contributed by atoms with E-state index < -0.39 is 0 Å². The fraction of sp³-hybridized carbons (Fsp3) is 0.667. The number of tetrazole rings is 1. The normalized spacial score (nSPS) is 10.8. The number of aromatic nitrogens is 6. The van der Waals surface area contributed by atoms with Gasteiger partial charge in [-0.25, -0.2) is 4.68 Å². The highest BCUT2D eigenvalue weighted by molar-refractivity contribution is 8.00. The summed E-state index contributed by atoms with van der Waals surface area (Å²) >= 11 is 3.16. The van der Waals surface area contributed by atoms with Crippen molar-refractivity contribution in [1.29, 1.82) is 0 Å². The highest BCUT2D eigenvalue weighted by atomic mass is 32.2. The van der Waals surface area contributed by atoms with E-state index in [9.17, 15) is 0 Å². The molecule has 0 amide bonds. The number of aryl methyl sites for hydroxylation is 1. The van der Waals surface area contributed by atoms with Crippen LogP contribution in [0.4, 0.5) is 5.13 Å². The second-order valence-corrected chi connectivity index (χ2v) is 5.71. The van der Waals surface area contributed by atoms with Gasteiger partial charge < -0.3 is 5.32 Å². The molecular weight excluding hydrogens is 270 g/mol. The number of rotatable bonds is 7. The monoisotopic (exact) mass is 285 g/mol. The van der Waals surface area contributed by atoms with Gasteiger partial charge in [0.05, 0.1) is 5.75 Å². The molecule has 1 N–H and O–H groups in total. The van der Waals surface area contributed by atoms with Crippen LogP contribution in [0.3, 0.4) is 0 Å². The first-order valence-electron chi connectivity index (χ1n) is 5.78. The Kier molecular flexibility index (Phi) is 4.88. The van der Waals surface area contributed by atoms with Crippen LogP contribution in [-0.4, -0.2) is 36.9 Å².